The topological polar surface area (TPSA) is 75.6 Å². The molecule has 1 aliphatic rings. The maximum atomic E-state index is 11.9. The fraction of sp³-hybridized carbons (Fsp3) is 0.286. The molecule has 1 saturated heterocycles. The van der Waals surface area contributed by atoms with Crippen LogP contribution in [0.1, 0.15) is 12.0 Å². The number of rotatable bonds is 4. The normalized spacial score (nSPS) is 21.6. The average Bonchev–Trinajstić information content (AvgIpc) is 2.90. The van der Waals surface area contributed by atoms with E-state index in [0.29, 0.717) is 22.2 Å². The van der Waals surface area contributed by atoms with Crippen LogP contribution in [0, 0.1) is 0 Å². The highest BCUT2D eigenvalue weighted by Crippen LogP contribution is 2.23. The minimum atomic E-state index is -1.35. The van der Waals surface area contributed by atoms with Gasteiger partial charge in [-0.1, -0.05) is 29.3 Å². The average molecular weight is 330 g/mol. The Bertz CT molecular complexity index is 595. The van der Waals surface area contributed by atoms with Crippen LogP contribution in [0.3, 0.4) is 0 Å². The number of carbonyl (C=O) groups is 2. The third kappa shape index (κ3) is 3.75. The second-order valence-corrected chi connectivity index (χ2v) is 5.50. The van der Waals surface area contributed by atoms with Gasteiger partial charge in [0.1, 0.15) is 0 Å². The Morgan fingerprint density at radius 3 is 2.67 bits per heavy atom. The van der Waals surface area contributed by atoms with Gasteiger partial charge in [0, 0.05) is 19.1 Å². The second kappa shape index (κ2) is 6.47. The van der Waals surface area contributed by atoms with Crippen LogP contribution in [0.15, 0.2) is 24.3 Å². The van der Waals surface area contributed by atoms with Crippen LogP contribution in [0.5, 0.6) is 0 Å². The van der Waals surface area contributed by atoms with Gasteiger partial charge in [-0.05, 0) is 23.8 Å². The highest BCUT2D eigenvalue weighted by molar-refractivity contribution is 6.42. The van der Waals surface area contributed by atoms with E-state index in [-0.39, 0.29) is 13.0 Å². The number of benzene rings is 1. The van der Waals surface area contributed by atoms with Crippen LogP contribution in [0.4, 0.5) is 0 Å². The van der Waals surface area contributed by atoms with Crippen molar-refractivity contribution < 1.29 is 19.4 Å². The minimum absolute atomic E-state index is 0.0330. The molecule has 1 fully saturated rings. The number of amides is 1. The molecular formula is C14H13Cl2NO4. The van der Waals surface area contributed by atoms with Gasteiger partial charge in [0.15, 0.2) is 5.54 Å². The molecule has 0 aromatic heterocycles. The zero-order valence-electron chi connectivity index (χ0n) is 10.9. The van der Waals surface area contributed by atoms with Crippen LogP contribution in [-0.4, -0.2) is 35.7 Å². The molecule has 0 spiro atoms. The molecule has 1 amide bonds. The van der Waals surface area contributed by atoms with Gasteiger partial charge >= 0.3 is 5.97 Å². The molecule has 0 bridgehead atoms. The predicted octanol–water partition coefficient (Wildman–Crippen LogP) is 2.37. The molecule has 0 saturated carbocycles. The van der Waals surface area contributed by atoms with Gasteiger partial charge < -0.3 is 15.2 Å². The van der Waals surface area contributed by atoms with Crippen LogP contribution in [0.2, 0.25) is 10.0 Å². The highest BCUT2D eigenvalue weighted by Gasteiger charge is 2.43. The Morgan fingerprint density at radius 2 is 2.10 bits per heavy atom. The van der Waals surface area contributed by atoms with Gasteiger partial charge in [-0.15, -0.1) is 0 Å². The summed E-state index contributed by atoms with van der Waals surface area (Å²) in [6.07, 6.45) is 3.03. The van der Waals surface area contributed by atoms with Crippen LogP contribution in [0.25, 0.3) is 6.08 Å². The summed E-state index contributed by atoms with van der Waals surface area (Å²) in [5, 5.41) is 12.5. The summed E-state index contributed by atoms with van der Waals surface area (Å²) in [4.78, 5) is 23.1. The van der Waals surface area contributed by atoms with Gasteiger partial charge in [0.25, 0.3) is 0 Å². The number of aliphatic carboxylic acids is 1. The zero-order valence-corrected chi connectivity index (χ0v) is 12.4. The summed E-state index contributed by atoms with van der Waals surface area (Å²) in [5.41, 5.74) is -0.661. The molecule has 1 unspecified atom stereocenters. The smallest absolute Gasteiger partial charge is 0.331 e. The molecule has 1 aromatic carbocycles. The van der Waals surface area contributed by atoms with Crippen molar-refractivity contribution in [3.8, 4) is 0 Å². The Labute approximate surface area is 131 Å². The first-order chi connectivity index (χ1) is 9.93. The van der Waals surface area contributed by atoms with Gasteiger partial charge in [-0.25, -0.2) is 4.79 Å². The summed E-state index contributed by atoms with van der Waals surface area (Å²) >= 11 is 11.7. The maximum absolute atomic E-state index is 11.9. The fourth-order valence-corrected chi connectivity index (χ4v) is 2.26. The molecule has 21 heavy (non-hydrogen) atoms. The molecule has 1 aromatic rings. The lowest BCUT2D eigenvalue weighted by Crippen LogP contribution is -2.54. The molecule has 2 N–H and O–H groups in total. The molecule has 112 valence electrons. The van der Waals surface area contributed by atoms with Crippen LogP contribution in [-0.2, 0) is 14.3 Å². The number of carboxylic acids is 1. The van der Waals surface area contributed by atoms with E-state index >= 15 is 0 Å². The number of ether oxygens (including phenoxy) is 1. The van der Waals surface area contributed by atoms with Crippen molar-refractivity contribution in [2.24, 2.45) is 0 Å². The van der Waals surface area contributed by atoms with Crippen molar-refractivity contribution >= 4 is 41.2 Å². The monoisotopic (exact) mass is 329 g/mol. The quantitative estimate of drug-likeness (QED) is 0.831. The number of hydrogen-bond donors (Lipinski definition) is 2. The molecule has 1 aliphatic heterocycles. The van der Waals surface area contributed by atoms with E-state index < -0.39 is 17.4 Å². The summed E-state index contributed by atoms with van der Waals surface area (Å²) in [6, 6.07) is 4.92. The number of nitrogens with one attached hydrogen (secondary N) is 1. The molecule has 5 nitrogen and oxygen atoms in total. The number of carboxylic acid groups (broad SMARTS) is 1. The minimum Gasteiger partial charge on any atom is -0.479 e. The molecule has 0 radical (unpaired) electrons. The molecular weight excluding hydrogens is 317 g/mol. The van der Waals surface area contributed by atoms with E-state index in [9.17, 15) is 14.7 Å². The largest absolute Gasteiger partial charge is 0.479 e. The molecule has 1 heterocycles. The first-order valence-corrected chi connectivity index (χ1v) is 6.95. The number of halogens is 2. The lowest BCUT2D eigenvalue weighted by Gasteiger charge is -2.22. The van der Waals surface area contributed by atoms with Crippen molar-refractivity contribution in [3.05, 3.63) is 39.9 Å². The Morgan fingerprint density at radius 1 is 1.33 bits per heavy atom. The van der Waals surface area contributed by atoms with Gasteiger partial charge in [-0.3, -0.25) is 4.79 Å². The van der Waals surface area contributed by atoms with Crippen LogP contribution < -0.4 is 5.32 Å². The second-order valence-electron chi connectivity index (χ2n) is 4.69. The lowest BCUT2D eigenvalue weighted by atomic mass is 9.99. The van der Waals surface area contributed by atoms with E-state index in [1.165, 1.54) is 12.2 Å². The zero-order chi connectivity index (χ0) is 15.5. The Hall–Kier alpha value is -1.56. The fourth-order valence-electron chi connectivity index (χ4n) is 1.95. The highest BCUT2D eigenvalue weighted by atomic mass is 35.5. The predicted molar refractivity (Wildman–Crippen MR) is 79.4 cm³/mol. The molecule has 7 heteroatoms. The summed E-state index contributed by atoms with van der Waals surface area (Å²) in [5.74, 6) is -1.61. The first kappa shape index (κ1) is 15.8. The van der Waals surface area contributed by atoms with Crippen molar-refractivity contribution in [1.29, 1.82) is 0 Å². The third-order valence-corrected chi connectivity index (χ3v) is 3.90. The molecule has 2 rings (SSSR count). The van der Waals surface area contributed by atoms with E-state index in [1.807, 2.05) is 0 Å². The maximum Gasteiger partial charge on any atom is 0.331 e. The van der Waals surface area contributed by atoms with E-state index in [2.05, 4.69) is 5.32 Å². The number of carbonyl (C=O) groups excluding carboxylic acids is 1. The SMILES string of the molecule is O=C(C=Cc1ccc(Cl)c(Cl)c1)NC1(C(=O)O)CCOC1. The molecule has 1 atom stereocenters. The summed E-state index contributed by atoms with van der Waals surface area (Å²) < 4.78 is 5.06. The summed E-state index contributed by atoms with van der Waals surface area (Å²) in [6.45, 7) is 0.276. The van der Waals surface area contributed by atoms with Crippen molar-refractivity contribution in [2.75, 3.05) is 13.2 Å². The standard InChI is InChI=1S/C14H13Cl2NO4/c15-10-3-1-9(7-11(10)16)2-4-12(18)17-14(13(19)20)5-6-21-8-14/h1-4,7H,5-6,8H2,(H,17,18)(H,19,20). The van der Waals surface area contributed by atoms with E-state index in [1.54, 1.807) is 18.2 Å². The van der Waals surface area contributed by atoms with Gasteiger partial charge in [0.2, 0.25) is 5.91 Å². The van der Waals surface area contributed by atoms with E-state index in [4.69, 9.17) is 27.9 Å². The van der Waals surface area contributed by atoms with Crippen LogP contribution >= 0.6 is 23.2 Å². The van der Waals surface area contributed by atoms with Gasteiger partial charge in [0.05, 0.1) is 16.7 Å². The van der Waals surface area contributed by atoms with Crippen molar-refractivity contribution in [3.63, 3.8) is 0 Å². The van der Waals surface area contributed by atoms with E-state index in [0.717, 1.165) is 0 Å². The third-order valence-electron chi connectivity index (χ3n) is 3.16. The van der Waals surface area contributed by atoms with Crippen molar-refractivity contribution in [1.82, 2.24) is 5.32 Å². The van der Waals surface area contributed by atoms with Gasteiger partial charge in [-0.2, -0.15) is 0 Å². The lowest BCUT2D eigenvalue weighted by molar-refractivity contribution is -0.147. The van der Waals surface area contributed by atoms with Crippen molar-refractivity contribution in [2.45, 2.75) is 12.0 Å². The Kier molecular flexibility index (Phi) is 4.88. The first-order valence-electron chi connectivity index (χ1n) is 6.19. The summed E-state index contributed by atoms with van der Waals surface area (Å²) in [7, 11) is 0. The number of hydrogen-bond acceptors (Lipinski definition) is 3. The Balaban J connectivity index is 2.05. The molecule has 0 aliphatic carbocycles.